The third-order valence-corrected chi connectivity index (χ3v) is 7.65. The standard InChI is InChI=1S/C27H35ClFN9O/c1-17(2)18-15-32-38-23(18)33-25(36-12-9-27(29,16-30)10-13-36)34-24(38)31-14-19-20(28)6-5-7-21(19)37-11-8-22(35-37)26(3,4)39/h5-8,11,15,17,39H,9-10,12-14,16,30H2,1-4H3,(H,31,33,34). The van der Waals surface area contributed by atoms with Crippen molar-refractivity contribution < 1.29 is 9.50 Å². The summed E-state index contributed by atoms with van der Waals surface area (Å²) in [5.74, 6) is 1.23. The van der Waals surface area contributed by atoms with Crippen LogP contribution in [0.15, 0.2) is 36.7 Å². The van der Waals surface area contributed by atoms with Crippen molar-refractivity contribution >= 4 is 29.1 Å². The molecular weight excluding hydrogens is 521 g/mol. The fraction of sp³-hybridized carbons (Fsp3) is 0.481. The molecule has 208 valence electrons. The van der Waals surface area contributed by atoms with E-state index in [0.29, 0.717) is 60.7 Å². The van der Waals surface area contributed by atoms with Gasteiger partial charge in [-0.1, -0.05) is 31.5 Å². The van der Waals surface area contributed by atoms with Gasteiger partial charge in [-0.15, -0.1) is 0 Å². The molecule has 5 rings (SSSR count). The number of nitrogens with two attached hydrogens (primary N) is 1. The fourth-order valence-corrected chi connectivity index (χ4v) is 4.98. The Bertz CT molecular complexity index is 1470. The zero-order valence-electron chi connectivity index (χ0n) is 22.7. The molecular formula is C27H35ClFN9O. The van der Waals surface area contributed by atoms with Crippen molar-refractivity contribution in [2.45, 2.75) is 64.3 Å². The van der Waals surface area contributed by atoms with Gasteiger partial charge in [0.05, 0.1) is 17.6 Å². The summed E-state index contributed by atoms with van der Waals surface area (Å²) in [6.07, 6.45) is 4.27. The lowest BCUT2D eigenvalue weighted by molar-refractivity contribution is 0.0734. The highest BCUT2D eigenvalue weighted by Gasteiger charge is 2.34. The summed E-state index contributed by atoms with van der Waals surface area (Å²) in [7, 11) is 0. The van der Waals surface area contributed by atoms with Crippen LogP contribution in [0.5, 0.6) is 0 Å². The van der Waals surface area contributed by atoms with E-state index in [1.54, 1.807) is 35.3 Å². The highest BCUT2D eigenvalue weighted by atomic mass is 35.5. The quantitative estimate of drug-likeness (QED) is 0.296. The van der Waals surface area contributed by atoms with Crippen molar-refractivity contribution in [3.05, 3.63) is 58.5 Å². The number of alkyl halides is 1. The van der Waals surface area contributed by atoms with Crippen LogP contribution in [-0.4, -0.2) is 59.8 Å². The Morgan fingerprint density at radius 3 is 2.59 bits per heavy atom. The van der Waals surface area contributed by atoms with Crippen molar-refractivity contribution in [2.75, 3.05) is 29.9 Å². The van der Waals surface area contributed by atoms with Gasteiger partial charge in [0.25, 0.3) is 0 Å². The third kappa shape index (κ3) is 5.43. The maximum atomic E-state index is 14.8. The topological polar surface area (TPSA) is 122 Å². The fourth-order valence-electron chi connectivity index (χ4n) is 4.75. The highest BCUT2D eigenvalue weighted by Crippen LogP contribution is 2.30. The van der Waals surface area contributed by atoms with E-state index < -0.39 is 11.3 Å². The van der Waals surface area contributed by atoms with Crippen LogP contribution in [0.4, 0.5) is 16.3 Å². The molecule has 39 heavy (non-hydrogen) atoms. The van der Waals surface area contributed by atoms with Gasteiger partial charge in [0.2, 0.25) is 11.9 Å². The number of nitrogens with one attached hydrogen (secondary N) is 1. The van der Waals surface area contributed by atoms with E-state index in [0.717, 1.165) is 16.8 Å². The molecule has 1 aliphatic heterocycles. The number of hydrogen-bond acceptors (Lipinski definition) is 8. The Morgan fingerprint density at radius 1 is 1.21 bits per heavy atom. The van der Waals surface area contributed by atoms with Crippen molar-refractivity contribution in [3.63, 3.8) is 0 Å². The van der Waals surface area contributed by atoms with Gasteiger partial charge >= 0.3 is 0 Å². The molecule has 4 N–H and O–H groups in total. The van der Waals surface area contributed by atoms with Crippen LogP contribution in [0.25, 0.3) is 11.3 Å². The Kier molecular flexibility index (Phi) is 7.25. The van der Waals surface area contributed by atoms with Gasteiger partial charge in [-0.05, 0) is 38.0 Å². The molecule has 4 aromatic rings. The number of nitrogens with zero attached hydrogens (tertiary/aromatic N) is 7. The van der Waals surface area contributed by atoms with Crippen LogP contribution in [0.1, 0.15) is 63.3 Å². The SMILES string of the molecule is CC(C)c1cnn2c(NCc3c(Cl)cccc3-n3ccc(C(C)(C)O)n3)nc(N3CCC(F)(CN)CC3)nc12. The lowest BCUT2D eigenvalue weighted by Crippen LogP contribution is -2.46. The van der Waals surface area contributed by atoms with E-state index in [2.05, 4.69) is 29.4 Å². The van der Waals surface area contributed by atoms with Crippen molar-refractivity contribution in [1.29, 1.82) is 0 Å². The molecule has 0 spiro atoms. The average Bonchev–Trinajstić information content (AvgIpc) is 3.56. The average molecular weight is 556 g/mol. The predicted molar refractivity (Wildman–Crippen MR) is 150 cm³/mol. The summed E-state index contributed by atoms with van der Waals surface area (Å²) in [5.41, 5.74) is 7.08. The minimum absolute atomic E-state index is 0.0153. The van der Waals surface area contributed by atoms with Gasteiger partial charge < -0.3 is 21.1 Å². The zero-order valence-corrected chi connectivity index (χ0v) is 23.5. The zero-order chi connectivity index (χ0) is 27.9. The number of rotatable bonds is 8. The van der Waals surface area contributed by atoms with E-state index in [1.165, 1.54) is 0 Å². The minimum Gasteiger partial charge on any atom is -0.384 e. The largest absolute Gasteiger partial charge is 0.384 e. The van der Waals surface area contributed by atoms with Crippen LogP contribution in [0, 0.1) is 0 Å². The van der Waals surface area contributed by atoms with Crippen LogP contribution < -0.4 is 16.0 Å². The number of piperidine rings is 1. The number of halogens is 2. The number of anilines is 2. The van der Waals surface area contributed by atoms with Crippen LogP contribution in [0.3, 0.4) is 0 Å². The number of aromatic nitrogens is 6. The first kappa shape index (κ1) is 27.3. The third-order valence-electron chi connectivity index (χ3n) is 7.29. The lowest BCUT2D eigenvalue weighted by Gasteiger charge is -2.35. The first-order valence-electron chi connectivity index (χ1n) is 13.2. The molecule has 0 amide bonds. The van der Waals surface area contributed by atoms with Crippen molar-refractivity contribution in [1.82, 2.24) is 29.4 Å². The molecule has 4 heterocycles. The first-order chi connectivity index (χ1) is 18.5. The molecule has 0 atom stereocenters. The molecule has 12 heteroatoms. The Labute approximate surface area is 232 Å². The molecule has 10 nitrogen and oxygen atoms in total. The minimum atomic E-state index is -1.35. The second-order valence-electron chi connectivity index (χ2n) is 11.0. The number of hydrogen-bond donors (Lipinski definition) is 3. The van der Waals surface area contributed by atoms with Gasteiger partial charge in [-0.3, -0.25) is 0 Å². The summed E-state index contributed by atoms with van der Waals surface area (Å²) in [5, 5.41) is 23.5. The maximum absolute atomic E-state index is 14.8. The molecule has 1 saturated heterocycles. The van der Waals surface area contributed by atoms with Crippen LogP contribution in [-0.2, 0) is 12.1 Å². The van der Waals surface area contributed by atoms with E-state index in [4.69, 9.17) is 27.3 Å². The molecule has 0 bridgehead atoms. The maximum Gasteiger partial charge on any atom is 0.230 e. The summed E-state index contributed by atoms with van der Waals surface area (Å²) >= 11 is 6.66. The second kappa shape index (κ2) is 10.4. The molecule has 0 unspecified atom stereocenters. The van der Waals surface area contributed by atoms with Crippen LogP contribution in [0.2, 0.25) is 5.02 Å². The molecule has 0 radical (unpaired) electrons. The summed E-state index contributed by atoms with van der Waals surface area (Å²) in [6.45, 7) is 8.87. The molecule has 1 fully saturated rings. The van der Waals surface area contributed by atoms with E-state index >= 15 is 0 Å². The Hall–Kier alpha value is -3.28. The highest BCUT2D eigenvalue weighted by molar-refractivity contribution is 6.31. The van der Waals surface area contributed by atoms with Gasteiger partial charge in [0.15, 0.2) is 5.65 Å². The Balaban J connectivity index is 1.49. The van der Waals surface area contributed by atoms with E-state index in [-0.39, 0.29) is 12.5 Å². The lowest BCUT2D eigenvalue weighted by atomic mass is 9.94. The monoisotopic (exact) mass is 555 g/mol. The van der Waals surface area contributed by atoms with Gasteiger partial charge in [-0.2, -0.15) is 24.7 Å². The van der Waals surface area contributed by atoms with Crippen molar-refractivity contribution in [3.8, 4) is 5.69 Å². The Morgan fingerprint density at radius 2 is 1.95 bits per heavy atom. The molecule has 0 saturated carbocycles. The number of fused-ring (bicyclic) bond motifs is 1. The molecule has 0 aliphatic carbocycles. The summed E-state index contributed by atoms with van der Waals surface area (Å²) < 4.78 is 18.2. The van der Waals surface area contributed by atoms with E-state index in [9.17, 15) is 9.50 Å². The first-order valence-corrected chi connectivity index (χ1v) is 13.6. The molecule has 3 aromatic heterocycles. The van der Waals surface area contributed by atoms with Crippen molar-refractivity contribution in [2.24, 2.45) is 5.73 Å². The number of benzene rings is 1. The normalized spacial score (nSPS) is 15.9. The summed E-state index contributed by atoms with van der Waals surface area (Å²) in [4.78, 5) is 11.6. The number of aliphatic hydroxyl groups is 1. The van der Waals surface area contributed by atoms with E-state index in [1.807, 2.05) is 29.3 Å². The molecule has 1 aromatic carbocycles. The van der Waals surface area contributed by atoms with Gasteiger partial charge in [0.1, 0.15) is 11.3 Å². The smallest absolute Gasteiger partial charge is 0.230 e. The van der Waals surface area contributed by atoms with Gasteiger partial charge in [-0.25, -0.2) is 9.07 Å². The molecule has 1 aliphatic rings. The van der Waals surface area contributed by atoms with Crippen LogP contribution >= 0.6 is 11.6 Å². The second-order valence-corrected chi connectivity index (χ2v) is 11.4. The predicted octanol–water partition coefficient (Wildman–Crippen LogP) is 4.19. The summed E-state index contributed by atoms with van der Waals surface area (Å²) in [6, 6.07) is 7.39. The van der Waals surface area contributed by atoms with Gasteiger partial charge in [0, 0.05) is 61.4 Å².